The van der Waals surface area contributed by atoms with E-state index in [1.54, 1.807) is 0 Å². The first-order valence-corrected chi connectivity index (χ1v) is 6.08. The lowest BCUT2D eigenvalue weighted by atomic mass is 10.0. The van der Waals surface area contributed by atoms with Gasteiger partial charge in [-0.05, 0) is 25.0 Å². The van der Waals surface area contributed by atoms with E-state index in [9.17, 15) is 4.79 Å². The van der Waals surface area contributed by atoms with Gasteiger partial charge in [0, 0.05) is 11.3 Å². The third-order valence-electron chi connectivity index (χ3n) is 2.77. The van der Waals surface area contributed by atoms with Gasteiger partial charge in [0.2, 0.25) is 0 Å². The minimum absolute atomic E-state index is 0.540. The molecule has 0 bridgehead atoms. The van der Waals surface area contributed by atoms with Crippen molar-refractivity contribution in [3.8, 4) is 0 Å². The molecule has 0 saturated carbocycles. The molecule has 1 aromatic rings. The molecule has 4 heteroatoms. The van der Waals surface area contributed by atoms with Crippen LogP contribution in [0.5, 0.6) is 0 Å². The quantitative estimate of drug-likeness (QED) is 0.855. The van der Waals surface area contributed by atoms with Crippen molar-refractivity contribution in [2.45, 2.75) is 19.9 Å². The van der Waals surface area contributed by atoms with Crippen LogP contribution >= 0.6 is 11.8 Å². The molecule has 0 fully saturated rings. The molecular formula is C12H13NO2S. The molecule has 84 valence electrons. The summed E-state index contributed by atoms with van der Waals surface area (Å²) in [5.74, 6) is -0.300. The maximum atomic E-state index is 10.8. The van der Waals surface area contributed by atoms with Crippen LogP contribution in [0.3, 0.4) is 0 Å². The van der Waals surface area contributed by atoms with Crippen molar-refractivity contribution < 1.29 is 9.90 Å². The molecule has 1 aromatic carbocycles. The fraction of sp³-hybridized carbons (Fsp3) is 0.333. The smallest absolute Gasteiger partial charge is 0.329 e. The predicted molar refractivity (Wildman–Crippen MR) is 66.3 cm³/mol. The van der Waals surface area contributed by atoms with Gasteiger partial charge in [-0.1, -0.05) is 18.2 Å². The molecule has 16 heavy (non-hydrogen) atoms. The van der Waals surface area contributed by atoms with Gasteiger partial charge in [-0.15, -0.1) is 11.8 Å². The lowest BCUT2D eigenvalue weighted by Gasteiger charge is -2.06. The van der Waals surface area contributed by atoms with Crippen molar-refractivity contribution in [3.63, 3.8) is 0 Å². The van der Waals surface area contributed by atoms with Crippen LogP contribution in [0.15, 0.2) is 23.2 Å². The van der Waals surface area contributed by atoms with E-state index in [2.05, 4.69) is 4.99 Å². The minimum atomic E-state index is -0.840. The molecule has 0 spiro atoms. The van der Waals surface area contributed by atoms with Crippen LogP contribution in [0, 0.1) is 13.8 Å². The van der Waals surface area contributed by atoms with Gasteiger partial charge in [0.05, 0.1) is 5.04 Å². The summed E-state index contributed by atoms with van der Waals surface area (Å²) >= 11 is 1.52. The standard InChI is InChI=1S/C12H13NO2S/c1-7-4-3-5-9(8(7)2)11-13-10(6-16-11)12(14)15/h3-5,10H,6H2,1-2H3,(H,14,15). The topological polar surface area (TPSA) is 49.7 Å². The van der Waals surface area contributed by atoms with Crippen LogP contribution in [0.1, 0.15) is 16.7 Å². The Kier molecular flexibility index (Phi) is 3.01. The molecular weight excluding hydrogens is 222 g/mol. The fourth-order valence-electron chi connectivity index (χ4n) is 1.63. The molecule has 0 aliphatic carbocycles. The van der Waals surface area contributed by atoms with Crippen molar-refractivity contribution in [3.05, 3.63) is 34.9 Å². The van der Waals surface area contributed by atoms with E-state index in [4.69, 9.17) is 5.11 Å². The van der Waals surface area contributed by atoms with E-state index in [0.717, 1.165) is 10.6 Å². The summed E-state index contributed by atoms with van der Waals surface area (Å²) in [6.07, 6.45) is 0. The molecule has 1 aliphatic heterocycles. The lowest BCUT2D eigenvalue weighted by molar-refractivity contribution is -0.137. The number of thioether (sulfide) groups is 1. The van der Waals surface area contributed by atoms with Gasteiger partial charge in [-0.3, -0.25) is 4.99 Å². The summed E-state index contributed by atoms with van der Waals surface area (Å²) in [5.41, 5.74) is 3.45. The monoisotopic (exact) mass is 235 g/mol. The zero-order chi connectivity index (χ0) is 11.7. The molecule has 2 rings (SSSR count). The largest absolute Gasteiger partial charge is 0.480 e. The SMILES string of the molecule is Cc1cccc(C2=NC(C(=O)O)CS2)c1C. The molecule has 0 radical (unpaired) electrons. The summed E-state index contributed by atoms with van der Waals surface area (Å²) in [5, 5.41) is 9.74. The van der Waals surface area contributed by atoms with Gasteiger partial charge >= 0.3 is 5.97 Å². The number of benzene rings is 1. The summed E-state index contributed by atoms with van der Waals surface area (Å²) in [6, 6.07) is 5.45. The van der Waals surface area contributed by atoms with Gasteiger partial charge in [0.25, 0.3) is 0 Å². The number of aliphatic carboxylic acids is 1. The Bertz CT molecular complexity index is 468. The highest BCUT2D eigenvalue weighted by Crippen LogP contribution is 2.26. The van der Waals surface area contributed by atoms with Crippen LogP contribution in [-0.4, -0.2) is 27.9 Å². The van der Waals surface area contributed by atoms with Crippen LogP contribution in [0.2, 0.25) is 0 Å². The highest BCUT2D eigenvalue weighted by molar-refractivity contribution is 8.14. The molecule has 0 amide bonds. The number of hydrogen-bond acceptors (Lipinski definition) is 3. The number of carbonyl (C=O) groups is 1. The molecule has 1 atom stereocenters. The second-order valence-electron chi connectivity index (χ2n) is 3.85. The van der Waals surface area contributed by atoms with Crippen molar-refractivity contribution in [2.24, 2.45) is 4.99 Å². The number of aryl methyl sites for hydroxylation is 1. The van der Waals surface area contributed by atoms with Crippen molar-refractivity contribution in [1.29, 1.82) is 0 Å². The van der Waals surface area contributed by atoms with Crippen molar-refractivity contribution in [1.82, 2.24) is 0 Å². The Morgan fingerprint density at radius 2 is 2.25 bits per heavy atom. The van der Waals surface area contributed by atoms with Crippen LogP contribution < -0.4 is 0 Å². The second-order valence-corrected chi connectivity index (χ2v) is 4.86. The first kappa shape index (κ1) is 11.2. The Labute approximate surface area is 98.6 Å². The lowest BCUT2D eigenvalue weighted by Crippen LogP contribution is -2.17. The van der Waals surface area contributed by atoms with Gasteiger partial charge in [-0.2, -0.15) is 0 Å². The minimum Gasteiger partial charge on any atom is -0.480 e. The first-order valence-electron chi connectivity index (χ1n) is 5.09. The van der Waals surface area contributed by atoms with E-state index in [1.165, 1.54) is 22.9 Å². The van der Waals surface area contributed by atoms with Gasteiger partial charge in [-0.25, -0.2) is 4.79 Å². The third kappa shape index (κ3) is 1.97. The van der Waals surface area contributed by atoms with Gasteiger partial charge in [0.1, 0.15) is 0 Å². The number of rotatable bonds is 2. The van der Waals surface area contributed by atoms with Crippen LogP contribution in [0.25, 0.3) is 0 Å². The number of aliphatic imine (C=N–C) groups is 1. The summed E-state index contributed by atoms with van der Waals surface area (Å²) in [6.45, 7) is 4.09. The fourth-order valence-corrected chi connectivity index (χ4v) is 2.74. The number of carboxylic acid groups (broad SMARTS) is 1. The van der Waals surface area contributed by atoms with Crippen molar-refractivity contribution in [2.75, 3.05) is 5.75 Å². The van der Waals surface area contributed by atoms with Gasteiger partial charge in [0.15, 0.2) is 6.04 Å². The van der Waals surface area contributed by atoms with Crippen molar-refractivity contribution >= 4 is 22.8 Å². The maximum Gasteiger partial charge on any atom is 0.329 e. The number of hydrogen-bond donors (Lipinski definition) is 1. The van der Waals surface area contributed by atoms with E-state index >= 15 is 0 Å². The van der Waals surface area contributed by atoms with Gasteiger partial charge < -0.3 is 5.11 Å². The van der Waals surface area contributed by atoms with E-state index in [0.29, 0.717) is 5.75 Å². The maximum absolute atomic E-state index is 10.8. The van der Waals surface area contributed by atoms with E-state index in [1.807, 2.05) is 32.0 Å². The number of nitrogens with zero attached hydrogens (tertiary/aromatic N) is 1. The van der Waals surface area contributed by atoms with E-state index < -0.39 is 12.0 Å². The summed E-state index contributed by atoms with van der Waals surface area (Å²) in [7, 11) is 0. The molecule has 1 N–H and O–H groups in total. The predicted octanol–water partition coefficient (Wildman–Crippen LogP) is 2.25. The molecule has 3 nitrogen and oxygen atoms in total. The highest BCUT2D eigenvalue weighted by atomic mass is 32.2. The third-order valence-corrected chi connectivity index (χ3v) is 3.85. The average molecular weight is 235 g/mol. The number of carboxylic acids is 1. The molecule has 0 aromatic heterocycles. The average Bonchev–Trinajstić information content (AvgIpc) is 2.71. The summed E-state index contributed by atoms with van der Waals surface area (Å²) < 4.78 is 0. The van der Waals surface area contributed by atoms with Crippen LogP contribution in [0.4, 0.5) is 0 Å². The normalized spacial score (nSPS) is 19.6. The highest BCUT2D eigenvalue weighted by Gasteiger charge is 2.25. The first-order chi connectivity index (χ1) is 7.59. The molecule has 1 heterocycles. The summed E-state index contributed by atoms with van der Waals surface area (Å²) in [4.78, 5) is 15.0. The Balaban J connectivity index is 2.36. The Morgan fingerprint density at radius 1 is 1.50 bits per heavy atom. The molecule has 1 aliphatic rings. The molecule has 1 unspecified atom stereocenters. The van der Waals surface area contributed by atoms with E-state index in [-0.39, 0.29) is 0 Å². The Hall–Kier alpha value is -1.29. The van der Waals surface area contributed by atoms with Crippen LogP contribution in [-0.2, 0) is 4.79 Å². The zero-order valence-electron chi connectivity index (χ0n) is 9.23. The second kappa shape index (κ2) is 4.29. The Morgan fingerprint density at radius 3 is 2.88 bits per heavy atom. The zero-order valence-corrected chi connectivity index (χ0v) is 10.0. The molecule has 0 saturated heterocycles.